The molecule has 0 spiro atoms. The van der Waals surface area contributed by atoms with E-state index in [0.29, 0.717) is 5.92 Å². The van der Waals surface area contributed by atoms with Crippen LogP contribution in [-0.2, 0) is 18.3 Å². The van der Waals surface area contributed by atoms with Crippen molar-refractivity contribution in [3.05, 3.63) is 71.8 Å². The van der Waals surface area contributed by atoms with Gasteiger partial charge in [0.25, 0.3) is 0 Å². The zero-order valence-electron chi connectivity index (χ0n) is 16.1. The normalized spacial score (nSPS) is 13.5. The lowest BCUT2D eigenvalue weighted by Crippen LogP contribution is -2.10. The summed E-state index contributed by atoms with van der Waals surface area (Å²) in [5.74, 6) is 0.578. The summed E-state index contributed by atoms with van der Waals surface area (Å²) in [6, 6.07) is 11.3. The van der Waals surface area contributed by atoms with Crippen LogP contribution in [-0.4, -0.2) is 14.4 Å². The topological polar surface area (TPSA) is 33.1 Å². The number of benzene rings is 1. The Labute approximate surface area is 155 Å². The molecule has 1 unspecified atom stereocenters. The Morgan fingerprint density at radius 3 is 2.73 bits per heavy atom. The summed E-state index contributed by atoms with van der Waals surface area (Å²) in [4.78, 5) is 7.87. The molecule has 0 aliphatic rings. The smallest absolute Gasteiger partial charge is 0.136 e. The molecule has 134 valence electrons. The third-order valence-electron chi connectivity index (χ3n) is 5.25. The first-order valence-corrected chi connectivity index (χ1v) is 9.42. The minimum Gasteiger partial charge on any atom is -0.361 e. The van der Waals surface area contributed by atoms with Gasteiger partial charge in [0.15, 0.2) is 0 Å². The van der Waals surface area contributed by atoms with E-state index < -0.39 is 0 Å². The Morgan fingerprint density at radius 2 is 1.92 bits per heavy atom. The van der Waals surface area contributed by atoms with E-state index in [1.165, 1.54) is 27.6 Å². The van der Waals surface area contributed by atoms with E-state index >= 15 is 0 Å². The first kappa shape index (κ1) is 16.9. The van der Waals surface area contributed by atoms with Crippen LogP contribution >= 0.6 is 0 Å². The van der Waals surface area contributed by atoms with Crippen molar-refractivity contribution in [2.24, 2.45) is 5.92 Å². The van der Waals surface area contributed by atoms with Gasteiger partial charge in [-0.15, -0.1) is 0 Å². The largest absolute Gasteiger partial charge is 0.361 e. The molecule has 4 rings (SSSR count). The van der Waals surface area contributed by atoms with Crippen LogP contribution in [0, 0.1) is 5.92 Å². The Morgan fingerprint density at radius 1 is 1.08 bits per heavy atom. The number of aromatic amines is 1. The molecular weight excluding hydrogens is 318 g/mol. The van der Waals surface area contributed by atoms with Crippen molar-refractivity contribution in [1.82, 2.24) is 14.4 Å². The van der Waals surface area contributed by atoms with Gasteiger partial charge in [0, 0.05) is 35.7 Å². The van der Waals surface area contributed by atoms with Crippen LogP contribution in [0.5, 0.6) is 0 Å². The second kappa shape index (κ2) is 6.31. The van der Waals surface area contributed by atoms with Crippen LogP contribution in [0.2, 0.25) is 0 Å². The fourth-order valence-electron chi connectivity index (χ4n) is 3.75. The summed E-state index contributed by atoms with van der Waals surface area (Å²) in [5.41, 5.74) is 6.59. The van der Waals surface area contributed by atoms with Crippen LogP contribution in [0.1, 0.15) is 44.4 Å². The lowest BCUT2D eigenvalue weighted by Gasteiger charge is -2.19. The molecule has 3 aromatic heterocycles. The number of hydrogen-bond acceptors (Lipinski definition) is 1. The predicted molar refractivity (Wildman–Crippen MR) is 109 cm³/mol. The van der Waals surface area contributed by atoms with E-state index in [1.54, 1.807) is 0 Å². The van der Waals surface area contributed by atoms with Crippen molar-refractivity contribution in [1.29, 1.82) is 0 Å². The Hall–Kier alpha value is -2.55. The molecule has 0 saturated heterocycles. The molecule has 1 aromatic carbocycles. The van der Waals surface area contributed by atoms with Crippen LogP contribution in [0.25, 0.3) is 16.6 Å². The average molecular weight is 345 g/mol. The van der Waals surface area contributed by atoms with Gasteiger partial charge in [-0.05, 0) is 59.1 Å². The molecule has 0 aliphatic carbocycles. The molecular formula is C23H27N3. The summed E-state index contributed by atoms with van der Waals surface area (Å²) in [6.45, 7) is 9.11. The summed E-state index contributed by atoms with van der Waals surface area (Å²) in [6.07, 6.45) is 10.3. The molecule has 3 nitrogen and oxygen atoms in total. The van der Waals surface area contributed by atoms with Crippen LogP contribution in [0.4, 0.5) is 0 Å². The predicted octanol–water partition coefficient (Wildman–Crippen LogP) is 5.53. The van der Waals surface area contributed by atoms with E-state index in [9.17, 15) is 0 Å². The third-order valence-corrected chi connectivity index (χ3v) is 5.25. The van der Waals surface area contributed by atoms with Crippen LogP contribution in [0.15, 0.2) is 55.1 Å². The fraction of sp³-hybridized carbons (Fsp3) is 0.348. The van der Waals surface area contributed by atoms with E-state index in [-0.39, 0.29) is 5.41 Å². The maximum Gasteiger partial charge on any atom is 0.136 e. The molecule has 1 atom stereocenters. The highest BCUT2D eigenvalue weighted by Crippen LogP contribution is 2.28. The van der Waals surface area contributed by atoms with E-state index in [2.05, 4.69) is 84.8 Å². The first-order chi connectivity index (χ1) is 12.4. The van der Waals surface area contributed by atoms with E-state index in [1.807, 2.05) is 12.4 Å². The van der Waals surface area contributed by atoms with Gasteiger partial charge >= 0.3 is 0 Å². The van der Waals surface area contributed by atoms with Crippen LogP contribution in [0.3, 0.4) is 0 Å². The van der Waals surface area contributed by atoms with Crippen molar-refractivity contribution in [3.63, 3.8) is 0 Å². The van der Waals surface area contributed by atoms with E-state index in [0.717, 1.165) is 18.5 Å². The second-order valence-corrected chi connectivity index (χ2v) is 8.57. The molecule has 3 heterocycles. The Balaban J connectivity index is 1.52. The quantitative estimate of drug-likeness (QED) is 0.518. The van der Waals surface area contributed by atoms with Gasteiger partial charge in [0.2, 0.25) is 0 Å². The van der Waals surface area contributed by atoms with Gasteiger partial charge in [-0.3, -0.25) is 0 Å². The third kappa shape index (κ3) is 3.26. The number of nitrogens with one attached hydrogen (secondary N) is 1. The molecule has 26 heavy (non-hydrogen) atoms. The average Bonchev–Trinajstić information content (AvgIpc) is 3.20. The Kier molecular flexibility index (Phi) is 4.10. The molecule has 0 aliphatic heterocycles. The number of nitrogens with zero attached hydrogens (tertiary/aromatic N) is 2. The number of H-pyrrole nitrogens is 1. The molecule has 1 N–H and O–H groups in total. The fourth-order valence-corrected chi connectivity index (χ4v) is 3.75. The molecule has 3 heteroatoms. The van der Waals surface area contributed by atoms with Crippen molar-refractivity contribution < 1.29 is 0 Å². The first-order valence-electron chi connectivity index (χ1n) is 9.42. The number of aromatic nitrogens is 3. The summed E-state index contributed by atoms with van der Waals surface area (Å²) >= 11 is 0. The minimum absolute atomic E-state index is 0.179. The lowest BCUT2D eigenvalue weighted by atomic mass is 9.86. The van der Waals surface area contributed by atoms with Gasteiger partial charge in [0.1, 0.15) is 5.65 Å². The summed E-state index contributed by atoms with van der Waals surface area (Å²) in [7, 11) is 0. The number of fused-ring (bicyclic) bond motifs is 2. The zero-order chi connectivity index (χ0) is 18.3. The van der Waals surface area contributed by atoms with Gasteiger partial charge < -0.3 is 9.38 Å². The summed E-state index contributed by atoms with van der Waals surface area (Å²) in [5, 5.41) is 1.36. The van der Waals surface area contributed by atoms with Crippen molar-refractivity contribution >= 4 is 16.6 Å². The number of rotatable bonds is 4. The highest BCUT2D eigenvalue weighted by atomic mass is 15.0. The minimum atomic E-state index is 0.179. The highest BCUT2D eigenvalue weighted by molar-refractivity contribution is 5.84. The maximum absolute atomic E-state index is 4.39. The molecule has 0 amide bonds. The number of imidazole rings is 1. The lowest BCUT2D eigenvalue weighted by molar-refractivity contribution is 0.579. The Bertz CT molecular complexity index is 1050. The van der Waals surface area contributed by atoms with Gasteiger partial charge in [-0.25, -0.2) is 4.98 Å². The maximum atomic E-state index is 4.39. The van der Waals surface area contributed by atoms with Crippen molar-refractivity contribution in [2.45, 2.75) is 46.0 Å². The second-order valence-electron chi connectivity index (χ2n) is 8.57. The molecule has 0 bridgehead atoms. The molecule has 0 fully saturated rings. The van der Waals surface area contributed by atoms with Crippen molar-refractivity contribution in [3.8, 4) is 0 Å². The van der Waals surface area contributed by atoms with Gasteiger partial charge in [0.05, 0.1) is 0 Å². The zero-order valence-corrected chi connectivity index (χ0v) is 16.1. The molecule has 0 radical (unpaired) electrons. The number of hydrogen-bond donors (Lipinski definition) is 1. The van der Waals surface area contributed by atoms with Crippen LogP contribution < -0.4 is 0 Å². The number of pyridine rings is 1. The van der Waals surface area contributed by atoms with Gasteiger partial charge in [-0.2, -0.15) is 0 Å². The molecule has 0 saturated carbocycles. The summed E-state index contributed by atoms with van der Waals surface area (Å²) < 4.78 is 2.06. The SMILES string of the molecule is CC(Cc1ccn2ccnc2c1)Cc1c[nH]c2cc(C(C)(C)C)ccc12. The molecule has 4 aromatic rings. The highest BCUT2D eigenvalue weighted by Gasteiger charge is 2.16. The monoisotopic (exact) mass is 345 g/mol. The van der Waals surface area contributed by atoms with Crippen molar-refractivity contribution in [2.75, 3.05) is 0 Å². The standard InChI is InChI=1S/C23H27N3/c1-16(11-17-7-9-26-10-8-24-22(26)13-17)12-18-15-25-21-14-19(23(2,3)4)5-6-20(18)21/h5-10,13-16,25H,11-12H2,1-4H3. The van der Waals surface area contributed by atoms with E-state index in [4.69, 9.17) is 0 Å². The van der Waals surface area contributed by atoms with Gasteiger partial charge in [-0.1, -0.05) is 39.8 Å².